The van der Waals surface area contributed by atoms with Crippen LogP contribution in [-0.4, -0.2) is 26.2 Å². The van der Waals surface area contributed by atoms with Crippen LogP contribution in [0.2, 0.25) is 5.02 Å². The third-order valence-corrected chi connectivity index (χ3v) is 4.15. The fourth-order valence-corrected chi connectivity index (χ4v) is 2.91. The van der Waals surface area contributed by atoms with Crippen LogP contribution in [0.1, 0.15) is 28.9 Å². The lowest BCUT2D eigenvalue weighted by atomic mass is 10.1. The number of carbonyl (C=O) groups is 1. The van der Waals surface area contributed by atoms with Crippen molar-refractivity contribution in [3.05, 3.63) is 52.5 Å². The summed E-state index contributed by atoms with van der Waals surface area (Å²) in [6, 6.07) is 10.3. The van der Waals surface area contributed by atoms with Gasteiger partial charge in [-0.25, -0.2) is 0 Å². The van der Waals surface area contributed by atoms with Crippen molar-refractivity contribution in [2.24, 2.45) is 0 Å². The Morgan fingerprint density at radius 1 is 1.21 bits per heavy atom. The second-order valence-corrected chi connectivity index (χ2v) is 5.82. The Balaban J connectivity index is 1.82. The molecule has 126 valence electrons. The lowest BCUT2D eigenvalue weighted by Crippen LogP contribution is -2.27. The van der Waals surface area contributed by atoms with E-state index in [1.165, 1.54) is 7.11 Å². The molecule has 3 rings (SSSR count). The first-order chi connectivity index (χ1) is 11.6. The van der Waals surface area contributed by atoms with E-state index >= 15 is 0 Å². The lowest BCUT2D eigenvalue weighted by Gasteiger charge is -2.22. The minimum absolute atomic E-state index is 0.231. The van der Waals surface area contributed by atoms with Gasteiger partial charge in [0.1, 0.15) is 19.0 Å². The quantitative estimate of drug-likeness (QED) is 0.918. The highest BCUT2D eigenvalue weighted by molar-refractivity contribution is 6.31. The molecule has 0 spiro atoms. The minimum atomic E-state index is -0.300. The number of hydrogen-bond acceptors (Lipinski definition) is 4. The maximum absolute atomic E-state index is 12.5. The molecular weight excluding hydrogens is 330 g/mol. The van der Waals surface area contributed by atoms with Crippen molar-refractivity contribution < 1.29 is 19.0 Å². The number of amides is 1. The number of carbonyl (C=O) groups excluding carboxylic acids is 1. The van der Waals surface area contributed by atoms with E-state index in [1.807, 2.05) is 19.1 Å². The van der Waals surface area contributed by atoms with Gasteiger partial charge in [-0.1, -0.05) is 23.7 Å². The smallest absolute Gasteiger partial charge is 0.255 e. The number of fused-ring (bicyclic) bond motifs is 1. The van der Waals surface area contributed by atoms with Gasteiger partial charge >= 0.3 is 0 Å². The van der Waals surface area contributed by atoms with Crippen molar-refractivity contribution in [1.82, 2.24) is 5.32 Å². The lowest BCUT2D eigenvalue weighted by molar-refractivity contribution is 0.0936. The molecule has 1 N–H and O–H groups in total. The van der Waals surface area contributed by atoms with Crippen LogP contribution in [-0.2, 0) is 0 Å². The number of ether oxygens (including phenoxy) is 3. The molecule has 2 aromatic rings. The van der Waals surface area contributed by atoms with Crippen molar-refractivity contribution in [1.29, 1.82) is 0 Å². The molecule has 0 bridgehead atoms. The number of benzene rings is 2. The summed E-state index contributed by atoms with van der Waals surface area (Å²) < 4.78 is 16.3. The fraction of sp³-hybridized carbons (Fsp3) is 0.278. The zero-order chi connectivity index (χ0) is 17.1. The molecule has 1 heterocycles. The van der Waals surface area contributed by atoms with Gasteiger partial charge in [0.15, 0.2) is 11.5 Å². The standard InChI is InChI=1S/C18H18ClNO4/c1-11(20-18(21)12-5-3-4-6-15(12)22-2)13-9-16-17(10-14(13)19)24-8-7-23-16/h3-6,9-11H,7-8H2,1-2H3,(H,20,21)/t11-/m1/s1. The summed E-state index contributed by atoms with van der Waals surface area (Å²) in [4.78, 5) is 12.5. The number of hydrogen-bond donors (Lipinski definition) is 1. The highest BCUT2D eigenvalue weighted by Gasteiger charge is 2.21. The zero-order valence-electron chi connectivity index (χ0n) is 13.5. The van der Waals surface area contributed by atoms with Gasteiger partial charge in [-0.3, -0.25) is 4.79 Å². The predicted octanol–water partition coefficient (Wildman–Crippen LogP) is 3.61. The van der Waals surface area contributed by atoms with Crippen LogP contribution < -0.4 is 19.5 Å². The fourth-order valence-electron chi connectivity index (χ4n) is 2.60. The van der Waals surface area contributed by atoms with Crippen molar-refractivity contribution in [3.8, 4) is 17.2 Å². The van der Waals surface area contributed by atoms with E-state index in [9.17, 15) is 4.79 Å². The van der Waals surface area contributed by atoms with E-state index in [-0.39, 0.29) is 11.9 Å². The molecule has 0 aliphatic carbocycles. The van der Waals surface area contributed by atoms with Crippen LogP contribution in [0.15, 0.2) is 36.4 Å². The van der Waals surface area contributed by atoms with Crippen LogP contribution in [0.5, 0.6) is 17.2 Å². The van der Waals surface area contributed by atoms with Gasteiger partial charge < -0.3 is 19.5 Å². The van der Waals surface area contributed by atoms with Gasteiger partial charge in [0.05, 0.1) is 18.7 Å². The van der Waals surface area contributed by atoms with Crippen molar-refractivity contribution in [3.63, 3.8) is 0 Å². The molecule has 0 aromatic heterocycles. The number of halogens is 1. The molecular formula is C18H18ClNO4. The van der Waals surface area contributed by atoms with Crippen LogP contribution in [0, 0.1) is 0 Å². The summed E-state index contributed by atoms with van der Waals surface area (Å²) in [5.41, 5.74) is 1.24. The van der Waals surface area contributed by atoms with E-state index in [4.69, 9.17) is 25.8 Å². The number of methoxy groups -OCH3 is 1. The first kappa shape index (κ1) is 16.5. The third-order valence-electron chi connectivity index (χ3n) is 3.83. The molecule has 0 fully saturated rings. The Morgan fingerprint density at radius 3 is 2.58 bits per heavy atom. The highest BCUT2D eigenvalue weighted by Crippen LogP contribution is 2.37. The SMILES string of the molecule is COc1ccccc1C(=O)N[C@H](C)c1cc2c(cc1Cl)OCCO2. The molecule has 2 aromatic carbocycles. The van der Waals surface area contributed by atoms with Crippen molar-refractivity contribution in [2.75, 3.05) is 20.3 Å². The molecule has 0 radical (unpaired) electrons. The highest BCUT2D eigenvalue weighted by atomic mass is 35.5. The van der Waals surface area contributed by atoms with E-state index < -0.39 is 0 Å². The molecule has 6 heteroatoms. The average Bonchev–Trinajstić information content (AvgIpc) is 2.60. The Hall–Kier alpha value is -2.40. The third kappa shape index (κ3) is 3.26. The monoisotopic (exact) mass is 347 g/mol. The first-order valence-corrected chi connectivity index (χ1v) is 8.01. The summed E-state index contributed by atoms with van der Waals surface area (Å²) in [5, 5.41) is 3.46. The Labute approximate surface area is 145 Å². The molecule has 1 atom stereocenters. The largest absolute Gasteiger partial charge is 0.496 e. The molecule has 1 aliphatic heterocycles. The van der Waals surface area contributed by atoms with Gasteiger partial charge in [0.25, 0.3) is 5.91 Å². The first-order valence-electron chi connectivity index (χ1n) is 7.63. The van der Waals surface area contributed by atoms with E-state index in [0.29, 0.717) is 41.0 Å². The summed E-state index contributed by atoms with van der Waals surface area (Å²) in [6.45, 7) is 2.86. The minimum Gasteiger partial charge on any atom is -0.496 e. The second kappa shape index (κ2) is 7.01. The summed E-state index contributed by atoms with van der Waals surface area (Å²) >= 11 is 6.33. The van der Waals surface area contributed by atoms with Gasteiger partial charge in [0.2, 0.25) is 0 Å². The van der Waals surface area contributed by atoms with Gasteiger partial charge in [0, 0.05) is 11.1 Å². The average molecular weight is 348 g/mol. The molecule has 24 heavy (non-hydrogen) atoms. The van der Waals surface area contributed by atoms with Crippen LogP contribution in [0.4, 0.5) is 0 Å². The van der Waals surface area contributed by atoms with E-state index in [1.54, 1.807) is 24.3 Å². The molecule has 5 nitrogen and oxygen atoms in total. The number of nitrogens with one attached hydrogen (secondary N) is 1. The van der Waals surface area contributed by atoms with Gasteiger partial charge in [-0.15, -0.1) is 0 Å². The van der Waals surface area contributed by atoms with E-state index in [2.05, 4.69) is 5.32 Å². The molecule has 1 amide bonds. The Morgan fingerprint density at radius 2 is 1.88 bits per heavy atom. The summed E-state index contributed by atoms with van der Waals surface area (Å²) in [5.74, 6) is 1.55. The second-order valence-electron chi connectivity index (χ2n) is 5.41. The van der Waals surface area contributed by atoms with Gasteiger partial charge in [-0.2, -0.15) is 0 Å². The van der Waals surface area contributed by atoms with Crippen molar-refractivity contribution >= 4 is 17.5 Å². The molecule has 1 aliphatic rings. The normalized spacial score (nSPS) is 14.0. The zero-order valence-corrected chi connectivity index (χ0v) is 14.2. The predicted molar refractivity (Wildman–Crippen MR) is 91.3 cm³/mol. The van der Waals surface area contributed by atoms with Gasteiger partial charge in [-0.05, 0) is 30.7 Å². The number of rotatable bonds is 4. The Kier molecular flexibility index (Phi) is 4.81. The topological polar surface area (TPSA) is 56.8 Å². The molecule has 0 saturated carbocycles. The maximum atomic E-state index is 12.5. The van der Waals surface area contributed by atoms with E-state index in [0.717, 1.165) is 5.56 Å². The summed E-state index contributed by atoms with van der Waals surface area (Å²) in [7, 11) is 1.53. The summed E-state index contributed by atoms with van der Waals surface area (Å²) in [6.07, 6.45) is 0. The Bertz CT molecular complexity index is 763. The molecule has 0 unspecified atom stereocenters. The van der Waals surface area contributed by atoms with Crippen molar-refractivity contribution in [2.45, 2.75) is 13.0 Å². The number of para-hydroxylation sites is 1. The maximum Gasteiger partial charge on any atom is 0.255 e. The molecule has 0 saturated heterocycles. The van der Waals surface area contributed by atoms with Crippen LogP contribution in [0.3, 0.4) is 0 Å². The van der Waals surface area contributed by atoms with Crippen LogP contribution >= 0.6 is 11.6 Å². The van der Waals surface area contributed by atoms with Crippen LogP contribution in [0.25, 0.3) is 0 Å².